The van der Waals surface area contributed by atoms with E-state index in [0.717, 1.165) is 24.0 Å². The van der Waals surface area contributed by atoms with Gasteiger partial charge in [0.1, 0.15) is 0 Å². The summed E-state index contributed by atoms with van der Waals surface area (Å²) in [5.41, 5.74) is 8.14. The van der Waals surface area contributed by atoms with E-state index in [-0.39, 0.29) is 17.2 Å². The van der Waals surface area contributed by atoms with E-state index in [9.17, 15) is 8.42 Å². The quantitative estimate of drug-likeness (QED) is 0.864. The summed E-state index contributed by atoms with van der Waals surface area (Å²) < 4.78 is 23.8. The number of benzene rings is 1. The van der Waals surface area contributed by atoms with Gasteiger partial charge in [0, 0.05) is 11.5 Å². The van der Waals surface area contributed by atoms with E-state index < -0.39 is 9.84 Å². The topological polar surface area (TPSA) is 60.2 Å². The van der Waals surface area contributed by atoms with E-state index in [1.54, 1.807) is 0 Å². The summed E-state index contributed by atoms with van der Waals surface area (Å²) in [5, 5.41) is 0. The standard InChI is InChI=1S/C13H17NO2S/c1-9(14)13(5-6-13)11-3-2-10-4-7-17(15,16)12(10)8-11/h2-3,8-9H,4-7,14H2,1H3. The van der Waals surface area contributed by atoms with Crippen LogP contribution in [0.5, 0.6) is 0 Å². The first-order valence-electron chi connectivity index (χ1n) is 6.07. The number of nitrogens with two attached hydrogens (primary N) is 1. The van der Waals surface area contributed by atoms with Gasteiger partial charge in [0.05, 0.1) is 10.6 Å². The maximum absolute atomic E-state index is 11.9. The third-order valence-electron chi connectivity index (χ3n) is 4.28. The van der Waals surface area contributed by atoms with Crippen LogP contribution in [0.1, 0.15) is 30.9 Å². The van der Waals surface area contributed by atoms with Crippen molar-refractivity contribution in [2.24, 2.45) is 5.73 Å². The molecular formula is C13H17NO2S. The Morgan fingerprint density at radius 2 is 2.06 bits per heavy atom. The Bertz CT molecular complexity index is 571. The molecule has 0 aromatic heterocycles. The highest BCUT2D eigenvalue weighted by molar-refractivity contribution is 7.91. The van der Waals surface area contributed by atoms with Crippen LogP contribution in [0.25, 0.3) is 0 Å². The van der Waals surface area contributed by atoms with Gasteiger partial charge >= 0.3 is 0 Å². The molecule has 1 aromatic carbocycles. The highest BCUT2D eigenvalue weighted by Gasteiger charge is 2.48. The molecule has 1 atom stereocenters. The zero-order valence-corrected chi connectivity index (χ0v) is 10.8. The van der Waals surface area contributed by atoms with Gasteiger partial charge < -0.3 is 5.73 Å². The van der Waals surface area contributed by atoms with Crippen molar-refractivity contribution in [2.75, 3.05) is 5.75 Å². The molecule has 3 nitrogen and oxygen atoms in total. The molecule has 2 aliphatic rings. The fraction of sp³-hybridized carbons (Fsp3) is 0.538. The molecule has 1 aliphatic heterocycles. The lowest BCUT2D eigenvalue weighted by Crippen LogP contribution is -2.31. The van der Waals surface area contributed by atoms with Gasteiger partial charge in [0.15, 0.2) is 9.84 Å². The summed E-state index contributed by atoms with van der Waals surface area (Å²) in [4.78, 5) is 0.543. The van der Waals surface area contributed by atoms with E-state index >= 15 is 0 Å². The van der Waals surface area contributed by atoms with Crippen molar-refractivity contribution >= 4 is 9.84 Å². The molecule has 0 bridgehead atoms. The van der Waals surface area contributed by atoms with Crippen LogP contribution >= 0.6 is 0 Å². The molecule has 1 aromatic rings. The van der Waals surface area contributed by atoms with Crippen LogP contribution in [-0.4, -0.2) is 20.2 Å². The van der Waals surface area contributed by atoms with Gasteiger partial charge in [-0.05, 0) is 43.4 Å². The van der Waals surface area contributed by atoms with Crippen LogP contribution in [0.4, 0.5) is 0 Å². The Morgan fingerprint density at radius 1 is 1.35 bits per heavy atom. The zero-order valence-electron chi connectivity index (χ0n) is 9.94. The van der Waals surface area contributed by atoms with E-state index in [4.69, 9.17) is 5.73 Å². The predicted octanol–water partition coefficient (Wildman–Crippen LogP) is 1.40. The number of hydrogen-bond acceptors (Lipinski definition) is 3. The Labute approximate surface area is 102 Å². The first-order chi connectivity index (χ1) is 7.96. The molecule has 0 amide bonds. The average Bonchev–Trinajstić information content (AvgIpc) is 3.02. The van der Waals surface area contributed by atoms with Gasteiger partial charge in [-0.25, -0.2) is 8.42 Å². The predicted molar refractivity (Wildman–Crippen MR) is 66.8 cm³/mol. The highest BCUT2D eigenvalue weighted by Crippen LogP contribution is 2.51. The number of rotatable bonds is 2. The summed E-state index contributed by atoms with van der Waals surface area (Å²) in [5.74, 6) is 0.261. The Hall–Kier alpha value is -0.870. The smallest absolute Gasteiger partial charge is 0.178 e. The SMILES string of the molecule is CC(N)C1(c2ccc3c(c2)S(=O)(=O)CC3)CC1. The molecular weight excluding hydrogens is 234 g/mol. The monoisotopic (exact) mass is 251 g/mol. The number of aryl methyl sites for hydroxylation is 1. The van der Waals surface area contributed by atoms with Gasteiger partial charge in [-0.15, -0.1) is 0 Å². The highest BCUT2D eigenvalue weighted by atomic mass is 32.2. The molecule has 1 unspecified atom stereocenters. The van der Waals surface area contributed by atoms with E-state index in [0.29, 0.717) is 11.3 Å². The van der Waals surface area contributed by atoms with Crippen LogP contribution in [0.3, 0.4) is 0 Å². The molecule has 4 heteroatoms. The first kappa shape index (κ1) is 11.2. The van der Waals surface area contributed by atoms with Crippen LogP contribution in [0, 0.1) is 0 Å². The zero-order chi connectivity index (χ0) is 12.3. The Kier molecular flexibility index (Phi) is 2.20. The second-order valence-electron chi connectivity index (χ2n) is 5.34. The minimum absolute atomic E-state index is 0.0349. The van der Waals surface area contributed by atoms with Crippen molar-refractivity contribution in [3.8, 4) is 0 Å². The minimum atomic E-state index is -3.03. The summed E-state index contributed by atoms with van der Waals surface area (Å²) in [6, 6.07) is 5.99. The molecule has 1 saturated carbocycles. The normalized spacial score (nSPS) is 25.3. The number of fused-ring (bicyclic) bond motifs is 1. The lowest BCUT2D eigenvalue weighted by atomic mass is 9.89. The summed E-state index contributed by atoms with van der Waals surface area (Å²) >= 11 is 0. The van der Waals surface area contributed by atoms with Gasteiger partial charge in [-0.2, -0.15) is 0 Å². The van der Waals surface area contributed by atoms with Crippen LogP contribution in [-0.2, 0) is 21.7 Å². The Balaban J connectivity index is 2.12. The maximum Gasteiger partial charge on any atom is 0.178 e. The van der Waals surface area contributed by atoms with Crippen molar-refractivity contribution in [1.29, 1.82) is 0 Å². The van der Waals surface area contributed by atoms with Crippen molar-refractivity contribution in [2.45, 2.75) is 42.5 Å². The molecule has 1 fully saturated rings. The third-order valence-corrected chi connectivity index (χ3v) is 6.07. The average molecular weight is 251 g/mol. The molecule has 0 saturated heterocycles. The Morgan fingerprint density at radius 3 is 2.65 bits per heavy atom. The van der Waals surface area contributed by atoms with Crippen molar-refractivity contribution < 1.29 is 8.42 Å². The van der Waals surface area contributed by atoms with Crippen LogP contribution in [0.2, 0.25) is 0 Å². The van der Waals surface area contributed by atoms with Crippen molar-refractivity contribution in [3.05, 3.63) is 29.3 Å². The largest absolute Gasteiger partial charge is 0.327 e. The van der Waals surface area contributed by atoms with Gasteiger partial charge in [0.2, 0.25) is 0 Å². The maximum atomic E-state index is 11.9. The second-order valence-corrected chi connectivity index (χ2v) is 7.41. The fourth-order valence-corrected chi connectivity index (χ4v) is 4.44. The minimum Gasteiger partial charge on any atom is -0.327 e. The molecule has 2 N–H and O–H groups in total. The summed E-state index contributed by atoms with van der Waals surface area (Å²) in [6.45, 7) is 2.01. The van der Waals surface area contributed by atoms with Gasteiger partial charge in [0.25, 0.3) is 0 Å². The summed E-state index contributed by atoms with van der Waals surface area (Å²) in [7, 11) is -3.03. The molecule has 3 rings (SSSR count). The second kappa shape index (κ2) is 3.33. The van der Waals surface area contributed by atoms with E-state index in [1.807, 2.05) is 19.1 Å². The molecule has 0 spiro atoms. The molecule has 92 valence electrons. The molecule has 1 aliphatic carbocycles. The molecule has 17 heavy (non-hydrogen) atoms. The third kappa shape index (κ3) is 1.54. The van der Waals surface area contributed by atoms with Crippen molar-refractivity contribution in [3.63, 3.8) is 0 Å². The molecule has 1 heterocycles. The number of hydrogen-bond donors (Lipinski definition) is 1. The van der Waals surface area contributed by atoms with Crippen LogP contribution < -0.4 is 5.73 Å². The van der Waals surface area contributed by atoms with Gasteiger partial charge in [-0.3, -0.25) is 0 Å². The lowest BCUT2D eigenvalue weighted by molar-refractivity contribution is 0.554. The summed E-state index contributed by atoms with van der Waals surface area (Å²) in [6.07, 6.45) is 2.80. The van der Waals surface area contributed by atoms with Gasteiger partial charge in [-0.1, -0.05) is 12.1 Å². The van der Waals surface area contributed by atoms with E-state index in [2.05, 4.69) is 6.07 Å². The lowest BCUT2D eigenvalue weighted by Gasteiger charge is -2.20. The van der Waals surface area contributed by atoms with E-state index in [1.165, 1.54) is 0 Å². The van der Waals surface area contributed by atoms with Crippen LogP contribution in [0.15, 0.2) is 23.1 Å². The molecule has 0 radical (unpaired) electrons. The fourth-order valence-electron chi connectivity index (χ4n) is 2.86. The number of sulfone groups is 1. The van der Waals surface area contributed by atoms with Crippen molar-refractivity contribution in [1.82, 2.24) is 0 Å². The first-order valence-corrected chi connectivity index (χ1v) is 7.73.